The van der Waals surface area contributed by atoms with Crippen LogP contribution in [0.5, 0.6) is 0 Å². The Hall–Kier alpha value is -2.71. The second kappa shape index (κ2) is 10.3. The molecule has 0 aliphatic heterocycles. The predicted octanol–water partition coefficient (Wildman–Crippen LogP) is 5.53. The van der Waals surface area contributed by atoms with Crippen molar-refractivity contribution >= 4 is 25.9 Å². The minimum Gasteiger partial charge on any atom is -0.465 e. The van der Waals surface area contributed by atoms with Gasteiger partial charge in [0.2, 0.25) is 0 Å². The SMILES string of the molecule is COC(=O)c1cccc(NCc2ccc(CO[Si](C)(C)C(C)(C)C)c(F)c2)c1C(=O)OC. The first kappa shape index (κ1) is 25.5. The highest BCUT2D eigenvalue weighted by Gasteiger charge is 2.37. The minimum atomic E-state index is -1.98. The largest absolute Gasteiger partial charge is 0.465 e. The Balaban J connectivity index is 2.18. The average Bonchev–Trinajstić information content (AvgIpc) is 2.74. The maximum absolute atomic E-state index is 14.7. The molecule has 8 heteroatoms. The highest BCUT2D eigenvalue weighted by molar-refractivity contribution is 6.74. The van der Waals surface area contributed by atoms with Gasteiger partial charge in [-0.15, -0.1) is 0 Å². The highest BCUT2D eigenvalue weighted by atomic mass is 28.4. The van der Waals surface area contributed by atoms with Crippen molar-refractivity contribution in [2.24, 2.45) is 0 Å². The van der Waals surface area contributed by atoms with E-state index in [4.69, 9.17) is 13.9 Å². The molecule has 32 heavy (non-hydrogen) atoms. The van der Waals surface area contributed by atoms with E-state index in [0.717, 1.165) is 0 Å². The van der Waals surface area contributed by atoms with Crippen LogP contribution in [0, 0.1) is 5.82 Å². The molecule has 2 aromatic rings. The van der Waals surface area contributed by atoms with Crippen molar-refractivity contribution in [3.63, 3.8) is 0 Å². The number of anilines is 1. The molecule has 2 aromatic carbocycles. The zero-order chi connectivity index (χ0) is 24.1. The number of rotatable bonds is 8. The Labute approximate surface area is 190 Å². The van der Waals surface area contributed by atoms with E-state index >= 15 is 0 Å². The van der Waals surface area contributed by atoms with E-state index in [9.17, 15) is 14.0 Å². The number of nitrogens with one attached hydrogen (secondary N) is 1. The number of benzene rings is 2. The highest BCUT2D eigenvalue weighted by Crippen LogP contribution is 2.37. The van der Waals surface area contributed by atoms with Gasteiger partial charge in [-0.1, -0.05) is 39.0 Å². The van der Waals surface area contributed by atoms with Gasteiger partial charge in [-0.3, -0.25) is 0 Å². The van der Waals surface area contributed by atoms with Gasteiger partial charge >= 0.3 is 11.9 Å². The monoisotopic (exact) mass is 461 g/mol. The van der Waals surface area contributed by atoms with E-state index in [1.165, 1.54) is 26.4 Å². The summed E-state index contributed by atoms with van der Waals surface area (Å²) in [4.78, 5) is 24.3. The minimum absolute atomic E-state index is 0.0451. The van der Waals surface area contributed by atoms with E-state index in [1.54, 1.807) is 18.2 Å². The molecule has 0 spiro atoms. The molecule has 0 atom stereocenters. The zero-order valence-corrected chi connectivity index (χ0v) is 20.8. The van der Waals surface area contributed by atoms with Gasteiger partial charge in [-0.05, 0) is 41.9 Å². The van der Waals surface area contributed by atoms with Crippen molar-refractivity contribution in [2.45, 2.75) is 52.1 Å². The molecule has 6 nitrogen and oxygen atoms in total. The van der Waals surface area contributed by atoms with Crippen LogP contribution in [-0.4, -0.2) is 34.5 Å². The lowest BCUT2D eigenvalue weighted by Crippen LogP contribution is -2.40. The fourth-order valence-corrected chi connectivity index (χ4v) is 3.74. The Morgan fingerprint density at radius 2 is 1.69 bits per heavy atom. The molecule has 0 aliphatic rings. The normalized spacial score (nSPS) is 11.8. The Bertz CT molecular complexity index is 985. The number of hydrogen-bond acceptors (Lipinski definition) is 6. The van der Waals surface area contributed by atoms with Crippen LogP contribution in [0.25, 0.3) is 0 Å². The molecule has 0 amide bonds. The molecular weight excluding hydrogens is 429 g/mol. The van der Waals surface area contributed by atoms with Crippen molar-refractivity contribution in [1.29, 1.82) is 0 Å². The molecule has 0 bridgehead atoms. The summed E-state index contributed by atoms with van der Waals surface area (Å²) in [6, 6.07) is 9.73. The second-order valence-corrected chi connectivity index (χ2v) is 13.8. The zero-order valence-electron chi connectivity index (χ0n) is 19.8. The molecular formula is C24H32FNO5Si. The molecule has 174 valence electrons. The lowest BCUT2D eigenvalue weighted by molar-refractivity contribution is 0.0556. The van der Waals surface area contributed by atoms with Gasteiger partial charge < -0.3 is 19.2 Å². The van der Waals surface area contributed by atoms with Gasteiger partial charge in [0.25, 0.3) is 0 Å². The van der Waals surface area contributed by atoms with Crippen molar-refractivity contribution in [3.8, 4) is 0 Å². The van der Waals surface area contributed by atoms with Gasteiger partial charge in [0.1, 0.15) is 5.82 Å². The van der Waals surface area contributed by atoms with Crippen LogP contribution in [0.4, 0.5) is 10.1 Å². The summed E-state index contributed by atoms with van der Waals surface area (Å²) in [6.07, 6.45) is 0. The van der Waals surface area contributed by atoms with E-state index in [1.807, 2.05) is 6.07 Å². The van der Waals surface area contributed by atoms with E-state index in [2.05, 4.69) is 39.2 Å². The van der Waals surface area contributed by atoms with Crippen LogP contribution in [0.3, 0.4) is 0 Å². The first-order valence-electron chi connectivity index (χ1n) is 10.4. The van der Waals surface area contributed by atoms with Crippen LogP contribution in [0.15, 0.2) is 36.4 Å². The number of hydrogen-bond donors (Lipinski definition) is 1. The van der Waals surface area contributed by atoms with Gasteiger partial charge in [0, 0.05) is 17.8 Å². The van der Waals surface area contributed by atoms with Crippen LogP contribution >= 0.6 is 0 Å². The molecule has 0 aliphatic carbocycles. The molecule has 0 saturated heterocycles. The van der Waals surface area contributed by atoms with E-state index < -0.39 is 20.3 Å². The molecule has 0 saturated carbocycles. The first-order chi connectivity index (χ1) is 14.9. The molecule has 2 rings (SSSR count). The smallest absolute Gasteiger partial charge is 0.340 e. The Kier molecular flexibility index (Phi) is 8.20. The maximum Gasteiger partial charge on any atom is 0.340 e. The summed E-state index contributed by atoms with van der Waals surface area (Å²) in [5.74, 6) is -1.66. The molecule has 0 fully saturated rings. The van der Waals surface area contributed by atoms with Crippen LogP contribution in [0.2, 0.25) is 18.1 Å². The topological polar surface area (TPSA) is 73.9 Å². The van der Waals surface area contributed by atoms with E-state index in [0.29, 0.717) is 16.8 Å². The van der Waals surface area contributed by atoms with Gasteiger partial charge in [0.05, 0.1) is 32.0 Å². The number of methoxy groups -OCH3 is 2. The summed E-state index contributed by atoms with van der Waals surface area (Å²) < 4.78 is 30.4. The summed E-state index contributed by atoms with van der Waals surface area (Å²) in [7, 11) is 0.492. The molecule has 0 unspecified atom stereocenters. The van der Waals surface area contributed by atoms with Crippen LogP contribution in [-0.2, 0) is 27.1 Å². The summed E-state index contributed by atoms with van der Waals surface area (Å²) in [6.45, 7) is 11.2. The fraction of sp³-hybridized carbons (Fsp3) is 0.417. The average molecular weight is 462 g/mol. The number of carbonyl (C=O) groups is 2. The van der Waals surface area contributed by atoms with Crippen molar-refractivity contribution in [3.05, 3.63) is 64.5 Å². The van der Waals surface area contributed by atoms with Crippen LogP contribution in [0.1, 0.15) is 52.6 Å². The molecule has 0 aromatic heterocycles. The van der Waals surface area contributed by atoms with Gasteiger partial charge in [-0.25, -0.2) is 14.0 Å². The van der Waals surface area contributed by atoms with Gasteiger partial charge in [0.15, 0.2) is 8.32 Å². The third kappa shape index (κ3) is 5.95. The lowest BCUT2D eigenvalue weighted by atomic mass is 10.0. The molecule has 1 N–H and O–H groups in total. The number of ether oxygens (including phenoxy) is 2. The van der Waals surface area contributed by atoms with Gasteiger partial charge in [-0.2, -0.15) is 0 Å². The number of esters is 2. The fourth-order valence-electron chi connectivity index (χ4n) is 2.79. The van der Waals surface area contributed by atoms with Crippen molar-refractivity contribution in [1.82, 2.24) is 0 Å². The van der Waals surface area contributed by atoms with Crippen LogP contribution < -0.4 is 5.32 Å². The quantitative estimate of drug-likeness (QED) is 0.411. The molecule has 0 heterocycles. The molecule has 0 radical (unpaired) electrons. The Morgan fingerprint density at radius 1 is 1.03 bits per heavy atom. The predicted molar refractivity (Wildman–Crippen MR) is 125 cm³/mol. The van der Waals surface area contributed by atoms with Crippen molar-refractivity contribution in [2.75, 3.05) is 19.5 Å². The standard InChI is InChI=1S/C24H32FNO5Si/c1-24(2,3)32(6,7)31-15-17-12-11-16(13-19(17)25)14-26-20-10-8-9-18(22(27)29-4)21(20)23(28)30-5/h8-13,26H,14-15H2,1-7H3. The first-order valence-corrected chi connectivity index (χ1v) is 13.3. The second-order valence-electron chi connectivity index (χ2n) is 9.04. The third-order valence-electron chi connectivity index (χ3n) is 5.85. The summed E-state index contributed by atoms with van der Waals surface area (Å²) >= 11 is 0. The van der Waals surface area contributed by atoms with E-state index in [-0.39, 0.29) is 35.1 Å². The Morgan fingerprint density at radius 3 is 2.25 bits per heavy atom. The third-order valence-corrected chi connectivity index (χ3v) is 10.3. The number of carbonyl (C=O) groups excluding carboxylic acids is 2. The summed E-state index contributed by atoms with van der Waals surface area (Å²) in [5, 5.41) is 3.13. The number of halogens is 1. The maximum atomic E-state index is 14.7. The van der Waals surface area contributed by atoms with Crippen molar-refractivity contribution < 1.29 is 27.9 Å². The lowest BCUT2D eigenvalue weighted by Gasteiger charge is -2.36. The summed E-state index contributed by atoms with van der Waals surface area (Å²) in [5.41, 5.74) is 1.74.